The summed E-state index contributed by atoms with van der Waals surface area (Å²) in [5, 5.41) is 0. The van der Waals surface area contributed by atoms with Crippen molar-refractivity contribution in [1.82, 2.24) is 4.90 Å². The molecular weight excluding hydrogens is 224 g/mol. The Morgan fingerprint density at radius 2 is 1.82 bits per heavy atom. The van der Waals surface area contributed by atoms with Crippen molar-refractivity contribution in [2.75, 3.05) is 6.54 Å². The van der Waals surface area contributed by atoms with Crippen molar-refractivity contribution >= 4 is 17.8 Å². The SMILES string of the molecule is CC(C)(C)OC(=O)[C@@H](N)CN1C(=O)C=CC1=O. The predicted molar refractivity (Wildman–Crippen MR) is 59.7 cm³/mol. The van der Waals surface area contributed by atoms with E-state index in [1.165, 1.54) is 0 Å². The van der Waals surface area contributed by atoms with E-state index in [1.54, 1.807) is 20.8 Å². The van der Waals surface area contributed by atoms with Gasteiger partial charge in [-0.05, 0) is 20.8 Å². The summed E-state index contributed by atoms with van der Waals surface area (Å²) in [6.07, 6.45) is 2.29. The number of rotatable bonds is 3. The van der Waals surface area contributed by atoms with Crippen molar-refractivity contribution in [3.8, 4) is 0 Å². The number of imide groups is 1. The van der Waals surface area contributed by atoms with Crippen molar-refractivity contribution in [1.29, 1.82) is 0 Å². The zero-order valence-corrected chi connectivity index (χ0v) is 10.1. The van der Waals surface area contributed by atoms with E-state index in [-0.39, 0.29) is 6.54 Å². The highest BCUT2D eigenvalue weighted by atomic mass is 16.6. The van der Waals surface area contributed by atoms with Gasteiger partial charge in [0.2, 0.25) is 0 Å². The molecule has 6 heteroatoms. The molecule has 1 aliphatic rings. The van der Waals surface area contributed by atoms with E-state index in [0.717, 1.165) is 17.1 Å². The topological polar surface area (TPSA) is 89.7 Å². The first-order valence-electron chi connectivity index (χ1n) is 5.23. The Labute approximate surface area is 99.4 Å². The van der Waals surface area contributed by atoms with E-state index in [4.69, 9.17) is 10.5 Å². The summed E-state index contributed by atoms with van der Waals surface area (Å²) in [7, 11) is 0. The second kappa shape index (κ2) is 4.67. The first kappa shape index (κ1) is 13.4. The number of amides is 2. The van der Waals surface area contributed by atoms with Gasteiger partial charge in [0.25, 0.3) is 11.8 Å². The van der Waals surface area contributed by atoms with Crippen LogP contribution in [0.5, 0.6) is 0 Å². The maximum atomic E-state index is 11.5. The molecule has 94 valence electrons. The van der Waals surface area contributed by atoms with Crippen molar-refractivity contribution in [2.24, 2.45) is 5.73 Å². The van der Waals surface area contributed by atoms with Crippen LogP contribution in [-0.4, -0.2) is 40.9 Å². The molecule has 1 aliphatic heterocycles. The van der Waals surface area contributed by atoms with Gasteiger partial charge in [-0.2, -0.15) is 0 Å². The van der Waals surface area contributed by atoms with Gasteiger partial charge >= 0.3 is 5.97 Å². The number of nitrogens with zero attached hydrogens (tertiary/aromatic N) is 1. The zero-order valence-electron chi connectivity index (χ0n) is 10.1. The van der Waals surface area contributed by atoms with Crippen LogP contribution in [0.15, 0.2) is 12.2 Å². The van der Waals surface area contributed by atoms with E-state index < -0.39 is 29.4 Å². The van der Waals surface area contributed by atoms with Crippen LogP contribution in [0.1, 0.15) is 20.8 Å². The van der Waals surface area contributed by atoms with Gasteiger partial charge in [0.15, 0.2) is 0 Å². The lowest BCUT2D eigenvalue weighted by atomic mass is 10.2. The average Bonchev–Trinajstić information content (AvgIpc) is 2.46. The van der Waals surface area contributed by atoms with E-state index in [1.807, 2.05) is 0 Å². The lowest BCUT2D eigenvalue weighted by Crippen LogP contribution is -2.47. The molecule has 1 rings (SSSR count). The normalized spacial score (nSPS) is 17.5. The molecule has 2 N–H and O–H groups in total. The Hall–Kier alpha value is -1.69. The molecule has 2 amide bonds. The van der Waals surface area contributed by atoms with Gasteiger partial charge in [0, 0.05) is 12.2 Å². The minimum atomic E-state index is -1.03. The minimum Gasteiger partial charge on any atom is -0.459 e. The maximum absolute atomic E-state index is 11.5. The third kappa shape index (κ3) is 3.67. The summed E-state index contributed by atoms with van der Waals surface area (Å²) >= 11 is 0. The summed E-state index contributed by atoms with van der Waals surface area (Å²) in [6, 6.07) is -1.03. The number of esters is 1. The van der Waals surface area contributed by atoms with Crippen LogP contribution < -0.4 is 5.73 Å². The molecule has 0 saturated carbocycles. The zero-order chi connectivity index (χ0) is 13.2. The first-order chi connectivity index (χ1) is 7.70. The van der Waals surface area contributed by atoms with Crippen LogP contribution in [0.4, 0.5) is 0 Å². The molecule has 0 bridgehead atoms. The number of nitrogens with two attached hydrogens (primary N) is 1. The molecule has 0 radical (unpaired) electrons. The van der Waals surface area contributed by atoms with Crippen LogP contribution in [-0.2, 0) is 19.1 Å². The van der Waals surface area contributed by atoms with Gasteiger partial charge in [0.05, 0.1) is 6.54 Å². The summed E-state index contributed by atoms with van der Waals surface area (Å²) < 4.78 is 5.05. The smallest absolute Gasteiger partial charge is 0.325 e. The predicted octanol–water partition coefficient (Wildman–Crippen LogP) is -0.420. The average molecular weight is 240 g/mol. The fraction of sp³-hybridized carbons (Fsp3) is 0.545. The molecule has 0 unspecified atom stereocenters. The molecular formula is C11H16N2O4. The van der Waals surface area contributed by atoms with Gasteiger partial charge < -0.3 is 10.5 Å². The molecule has 0 saturated heterocycles. The molecule has 1 heterocycles. The highest BCUT2D eigenvalue weighted by Crippen LogP contribution is 2.10. The van der Waals surface area contributed by atoms with E-state index in [9.17, 15) is 14.4 Å². The van der Waals surface area contributed by atoms with Gasteiger partial charge in [-0.25, -0.2) is 0 Å². The minimum absolute atomic E-state index is 0.167. The lowest BCUT2D eigenvalue weighted by molar-refractivity contribution is -0.157. The van der Waals surface area contributed by atoms with Crippen molar-refractivity contribution in [3.05, 3.63) is 12.2 Å². The Kier molecular flexibility index (Phi) is 3.67. The summed E-state index contributed by atoms with van der Waals surface area (Å²) in [4.78, 5) is 34.9. The fourth-order valence-electron chi connectivity index (χ4n) is 1.26. The Balaban J connectivity index is 2.55. The molecule has 0 aromatic heterocycles. The molecule has 0 spiro atoms. The van der Waals surface area contributed by atoms with E-state index in [2.05, 4.69) is 0 Å². The van der Waals surface area contributed by atoms with Gasteiger partial charge in [-0.1, -0.05) is 0 Å². The van der Waals surface area contributed by atoms with Gasteiger partial charge in [-0.3, -0.25) is 19.3 Å². The summed E-state index contributed by atoms with van der Waals surface area (Å²) in [5.41, 5.74) is 4.93. The number of ether oxygens (including phenoxy) is 1. The van der Waals surface area contributed by atoms with Crippen LogP contribution in [0.25, 0.3) is 0 Å². The van der Waals surface area contributed by atoms with Crippen LogP contribution in [0, 0.1) is 0 Å². The molecule has 0 fully saturated rings. The van der Waals surface area contributed by atoms with E-state index >= 15 is 0 Å². The second-order valence-electron chi connectivity index (χ2n) is 4.76. The fourth-order valence-corrected chi connectivity index (χ4v) is 1.26. The van der Waals surface area contributed by atoms with Crippen molar-refractivity contribution in [2.45, 2.75) is 32.4 Å². The number of hydrogen-bond acceptors (Lipinski definition) is 5. The lowest BCUT2D eigenvalue weighted by Gasteiger charge is -2.24. The highest BCUT2D eigenvalue weighted by molar-refractivity contribution is 6.13. The molecule has 0 aromatic carbocycles. The standard InChI is InChI=1S/C11H16N2O4/c1-11(2,3)17-10(16)7(12)6-13-8(14)4-5-9(13)15/h4-5,7H,6,12H2,1-3H3/t7-/m0/s1. The molecule has 0 aliphatic carbocycles. The van der Waals surface area contributed by atoms with Crippen LogP contribution >= 0.6 is 0 Å². The number of carbonyl (C=O) groups excluding carboxylic acids is 3. The third-order valence-corrected chi connectivity index (χ3v) is 1.99. The largest absolute Gasteiger partial charge is 0.459 e. The van der Waals surface area contributed by atoms with Crippen molar-refractivity contribution in [3.63, 3.8) is 0 Å². The first-order valence-corrected chi connectivity index (χ1v) is 5.23. The summed E-state index contributed by atoms with van der Waals surface area (Å²) in [6.45, 7) is 4.97. The highest BCUT2D eigenvalue weighted by Gasteiger charge is 2.30. The summed E-state index contributed by atoms with van der Waals surface area (Å²) in [5.74, 6) is -1.56. The van der Waals surface area contributed by atoms with Gasteiger partial charge in [-0.15, -0.1) is 0 Å². The monoisotopic (exact) mass is 240 g/mol. The van der Waals surface area contributed by atoms with Crippen LogP contribution in [0.2, 0.25) is 0 Å². The molecule has 0 aromatic rings. The molecule has 17 heavy (non-hydrogen) atoms. The number of carbonyl (C=O) groups is 3. The molecule has 6 nitrogen and oxygen atoms in total. The molecule has 1 atom stereocenters. The van der Waals surface area contributed by atoms with Crippen LogP contribution in [0.3, 0.4) is 0 Å². The maximum Gasteiger partial charge on any atom is 0.325 e. The van der Waals surface area contributed by atoms with E-state index in [0.29, 0.717) is 0 Å². The second-order valence-corrected chi connectivity index (χ2v) is 4.76. The quantitative estimate of drug-likeness (QED) is 0.534. The van der Waals surface area contributed by atoms with Crippen molar-refractivity contribution < 1.29 is 19.1 Å². The van der Waals surface area contributed by atoms with Gasteiger partial charge in [0.1, 0.15) is 11.6 Å². The Bertz CT molecular complexity index is 363. The Morgan fingerprint density at radius 3 is 2.24 bits per heavy atom. The third-order valence-electron chi connectivity index (χ3n) is 1.99. The number of hydrogen-bond donors (Lipinski definition) is 1. The Morgan fingerprint density at radius 1 is 1.35 bits per heavy atom.